The fourth-order valence-corrected chi connectivity index (χ4v) is 2.90. The van der Waals surface area contributed by atoms with Gasteiger partial charge in [-0.05, 0) is 6.92 Å². The summed E-state index contributed by atoms with van der Waals surface area (Å²) < 4.78 is 7.01. The Kier molecular flexibility index (Phi) is 4.09. The highest BCUT2D eigenvalue weighted by Gasteiger charge is 2.53. The van der Waals surface area contributed by atoms with E-state index >= 15 is 0 Å². The van der Waals surface area contributed by atoms with E-state index in [9.17, 15) is 20.1 Å². The van der Waals surface area contributed by atoms with Crippen LogP contribution in [0, 0.1) is 11.8 Å². The molecule has 3 unspecified atom stereocenters. The highest BCUT2D eigenvalue weighted by molar-refractivity contribution is 5.96. The number of nitrogens with zero attached hydrogens (tertiary/aromatic N) is 3. The molecule has 25 heavy (non-hydrogen) atoms. The second kappa shape index (κ2) is 5.98. The maximum Gasteiger partial charge on any atom is 0.293 e. The summed E-state index contributed by atoms with van der Waals surface area (Å²) in [4.78, 5) is 19.0. The Balaban J connectivity index is 2.20. The Labute approximate surface area is 142 Å². The van der Waals surface area contributed by atoms with Crippen molar-refractivity contribution in [3.63, 3.8) is 0 Å². The summed E-state index contributed by atoms with van der Waals surface area (Å²) in [6.45, 7) is 0.904. The van der Waals surface area contributed by atoms with E-state index in [2.05, 4.69) is 21.8 Å². The summed E-state index contributed by atoms with van der Waals surface area (Å²) in [5, 5.41) is 30.5. The van der Waals surface area contributed by atoms with E-state index in [1.54, 1.807) is 0 Å². The number of nitrogens with two attached hydrogens (primary N) is 2. The molecule has 0 bridgehead atoms. The number of carbonyl (C=O) groups excluding carboxylic acids is 1. The van der Waals surface area contributed by atoms with Gasteiger partial charge in [0.15, 0.2) is 6.23 Å². The van der Waals surface area contributed by atoms with Crippen LogP contribution in [0.2, 0.25) is 0 Å². The van der Waals surface area contributed by atoms with E-state index in [4.69, 9.17) is 16.2 Å². The summed E-state index contributed by atoms with van der Waals surface area (Å²) in [7, 11) is 0. The van der Waals surface area contributed by atoms with Gasteiger partial charge in [-0.15, -0.1) is 0 Å². The van der Waals surface area contributed by atoms with Crippen LogP contribution in [0.25, 0.3) is 11.0 Å². The molecule has 2 aromatic heterocycles. The predicted octanol–water partition coefficient (Wildman–Crippen LogP) is -2.15. The lowest BCUT2D eigenvalue weighted by atomic mass is 9.96. The van der Waals surface area contributed by atoms with Gasteiger partial charge < -0.3 is 36.1 Å². The van der Waals surface area contributed by atoms with Crippen LogP contribution in [-0.4, -0.2) is 60.2 Å². The van der Waals surface area contributed by atoms with Crippen molar-refractivity contribution in [1.82, 2.24) is 14.5 Å². The quantitative estimate of drug-likeness (QED) is 0.383. The Hall–Kier alpha value is -2.71. The van der Waals surface area contributed by atoms with Gasteiger partial charge in [-0.25, -0.2) is 9.97 Å². The lowest BCUT2D eigenvalue weighted by molar-refractivity contribution is -0.112. The molecule has 10 heteroatoms. The molecule has 1 amide bonds. The first kappa shape index (κ1) is 17.1. The minimum Gasteiger partial charge on any atom is -0.394 e. The molecule has 4 atom stereocenters. The van der Waals surface area contributed by atoms with Crippen LogP contribution in [0.5, 0.6) is 0 Å². The van der Waals surface area contributed by atoms with Crippen LogP contribution < -0.4 is 11.5 Å². The van der Waals surface area contributed by atoms with Crippen LogP contribution in [0.1, 0.15) is 18.7 Å². The van der Waals surface area contributed by atoms with Crippen LogP contribution in [0.3, 0.4) is 0 Å². The van der Waals surface area contributed by atoms with Crippen molar-refractivity contribution in [2.24, 2.45) is 5.73 Å². The highest BCUT2D eigenvalue weighted by atomic mass is 16.6. The normalized spacial score (nSPS) is 28.7. The van der Waals surface area contributed by atoms with Gasteiger partial charge in [0.2, 0.25) is 0 Å². The van der Waals surface area contributed by atoms with Crippen molar-refractivity contribution < 1.29 is 24.9 Å². The molecule has 3 rings (SSSR count). The Morgan fingerprint density at radius 1 is 1.52 bits per heavy atom. The van der Waals surface area contributed by atoms with Gasteiger partial charge >= 0.3 is 0 Å². The summed E-state index contributed by atoms with van der Waals surface area (Å²) in [5.41, 5.74) is 9.81. The molecular weight excluding hydrogens is 330 g/mol. The molecule has 0 spiro atoms. The lowest BCUT2D eigenvalue weighted by Gasteiger charge is -2.27. The molecule has 0 aromatic carbocycles. The zero-order valence-corrected chi connectivity index (χ0v) is 13.2. The van der Waals surface area contributed by atoms with Crippen molar-refractivity contribution in [3.05, 3.63) is 18.1 Å². The van der Waals surface area contributed by atoms with E-state index in [1.165, 1.54) is 24.0 Å². The molecule has 0 aliphatic carbocycles. The fourth-order valence-electron chi connectivity index (χ4n) is 2.90. The van der Waals surface area contributed by atoms with E-state index in [-0.39, 0.29) is 11.5 Å². The second-order valence-corrected chi connectivity index (χ2v) is 5.90. The zero-order valence-electron chi connectivity index (χ0n) is 13.2. The molecular formula is C15H17N5O5. The number of ether oxygens (including phenoxy) is 1. The van der Waals surface area contributed by atoms with Crippen molar-refractivity contribution in [1.29, 1.82) is 0 Å². The number of fused-ring (bicyclic) bond motifs is 1. The average Bonchev–Trinajstić information content (AvgIpc) is 3.02. The maximum atomic E-state index is 10.9. The zero-order chi connectivity index (χ0) is 18.4. The SMILES string of the molecule is CC1(O)C(n2cc(C#CC(N)=O)c3c(N)ncnc32)OC(CO)[C@H]1O. The Morgan fingerprint density at radius 2 is 2.24 bits per heavy atom. The first-order valence-electron chi connectivity index (χ1n) is 7.36. The molecule has 1 saturated heterocycles. The molecule has 3 heterocycles. The number of nitrogen functional groups attached to an aromatic ring is 1. The first-order chi connectivity index (χ1) is 11.8. The number of primary amides is 1. The molecule has 2 aromatic rings. The number of rotatable bonds is 2. The fraction of sp³-hybridized carbons (Fsp3) is 0.400. The minimum atomic E-state index is -1.71. The molecule has 1 aliphatic rings. The third kappa shape index (κ3) is 2.69. The van der Waals surface area contributed by atoms with Crippen molar-refractivity contribution >= 4 is 22.8 Å². The largest absolute Gasteiger partial charge is 0.394 e. The van der Waals surface area contributed by atoms with Crippen LogP contribution in [0.4, 0.5) is 5.82 Å². The van der Waals surface area contributed by atoms with Gasteiger partial charge in [-0.1, -0.05) is 5.92 Å². The summed E-state index contributed by atoms with van der Waals surface area (Å²) in [6.07, 6.45) is -0.669. The molecule has 7 N–H and O–H groups in total. The summed E-state index contributed by atoms with van der Waals surface area (Å²) in [5.74, 6) is 4.08. The minimum absolute atomic E-state index is 0.120. The standard InChI is InChI=1S/C15H17N5O5/c1-15(24)11(23)8(5-21)25-14(15)20-4-7(2-3-9(16)22)10-12(17)18-6-19-13(10)20/h4,6,8,11,14,21,23-24H,5H2,1H3,(H2,16,22)(H2,17,18,19)/t8?,11-,14?,15?/m1/s1. The van der Waals surface area contributed by atoms with Gasteiger partial charge in [0.05, 0.1) is 17.6 Å². The van der Waals surface area contributed by atoms with Gasteiger partial charge in [0.1, 0.15) is 35.6 Å². The number of aromatic nitrogens is 3. The number of anilines is 1. The van der Waals surface area contributed by atoms with Crippen molar-refractivity contribution in [3.8, 4) is 11.8 Å². The van der Waals surface area contributed by atoms with E-state index in [1.807, 2.05) is 0 Å². The second-order valence-electron chi connectivity index (χ2n) is 5.90. The summed E-state index contributed by atoms with van der Waals surface area (Å²) >= 11 is 0. The maximum absolute atomic E-state index is 10.9. The Morgan fingerprint density at radius 3 is 2.84 bits per heavy atom. The molecule has 0 radical (unpaired) electrons. The first-order valence-corrected chi connectivity index (χ1v) is 7.36. The van der Waals surface area contributed by atoms with Crippen LogP contribution in [-0.2, 0) is 9.53 Å². The molecule has 10 nitrogen and oxygen atoms in total. The van der Waals surface area contributed by atoms with Gasteiger partial charge in [0.25, 0.3) is 5.91 Å². The van der Waals surface area contributed by atoms with Gasteiger partial charge in [-0.2, -0.15) is 0 Å². The number of aliphatic hydroxyl groups excluding tert-OH is 2. The Bertz CT molecular complexity index is 897. The number of aliphatic hydroxyl groups is 3. The molecule has 1 fully saturated rings. The number of amides is 1. The predicted molar refractivity (Wildman–Crippen MR) is 85.6 cm³/mol. The number of hydrogen-bond acceptors (Lipinski definition) is 8. The molecule has 0 saturated carbocycles. The van der Waals surface area contributed by atoms with E-state index in [0.717, 1.165) is 0 Å². The van der Waals surface area contributed by atoms with Crippen LogP contribution >= 0.6 is 0 Å². The van der Waals surface area contributed by atoms with Gasteiger partial charge in [-0.3, -0.25) is 4.79 Å². The van der Waals surface area contributed by atoms with Gasteiger partial charge in [0, 0.05) is 12.1 Å². The van der Waals surface area contributed by atoms with Crippen molar-refractivity contribution in [2.45, 2.75) is 31.0 Å². The average molecular weight is 347 g/mol. The monoisotopic (exact) mass is 347 g/mol. The lowest BCUT2D eigenvalue weighted by Crippen LogP contribution is -2.44. The smallest absolute Gasteiger partial charge is 0.293 e. The van der Waals surface area contributed by atoms with Crippen molar-refractivity contribution in [2.75, 3.05) is 12.3 Å². The summed E-state index contributed by atoms with van der Waals surface area (Å²) in [6, 6.07) is 0. The highest BCUT2D eigenvalue weighted by Crippen LogP contribution is 2.40. The van der Waals surface area contributed by atoms with E-state index in [0.29, 0.717) is 10.9 Å². The molecule has 132 valence electrons. The third-order valence-corrected chi connectivity index (χ3v) is 4.15. The molecule has 1 aliphatic heterocycles. The van der Waals surface area contributed by atoms with E-state index < -0.39 is 36.6 Å². The number of carbonyl (C=O) groups is 1. The number of hydrogen-bond donors (Lipinski definition) is 5. The van der Waals surface area contributed by atoms with Crippen LogP contribution in [0.15, 0.2) is 12.5 Å². The topological polar surface area (TPSA) is 170 Å². The third-order valence-electron chi connectivity index (χ3n) is 4.15.